The highest BCUT2D eigenvalue weighted by molar-refractivity contribution is 7.12. The van der Waals surface area contributed by atoms with Crippen LogP contribution in [0.4, 0.5) is 0 Å². The maximum atomic E-state index is 5.38. The summed E-state index contributed by atoms with van der Waals surface area (Å²) in [5, 5.41) is 3.23. The molecule has 2 rings (SSSR count). The van der Waals surface area contributed by atoms with E-state index in [4.69, 9.17) is 4.74 Å². The molecule has 2 heterocycles. The number of fused-ring (bicyclic) bond motifs is 1. The van der Waals surface area contributed by atoms with Gasteiger partial charge in [-0.25, -0.2) is 0 Å². The number of rotatable bonds is 0. The Kier molecular flexibility index (Phi) is 1.19. The molecule has 48 valence electrons. The second-order valence-corrected chi connectivity index (χ2v) is 3.06. The minimum absolute atomic E-state index is 0.910. The summed E-state index contributed by atoms with van der Waals surface area (Å²) in [6, 6.07) is 2.15. The predicted molar refractivity (Wildman–Crippen MR) is 38.1 cm³/mol. The van der Waals surface area contributed by atoms with E-state index in [0.717, 1.165) is 11.7 Å². The molecule has 1 aliphatic heterocycles. The Morgan fingerprint density at radius 2 is 2.56 bits per heavy atom. The van der Waals surface area contributed by atoms with Gasteiger partial charge in [0.1, 0.15) is 0 Å². The maximum Gasteiger partial charge on any atom is 0.176 e. The Hall–Kier alpha value is -0.500. The first-order valence-corrected chi connectivity index (χ1v) is 4.04. The summed E-state index contributed by atoms with van der Waals surface area (Å²) < 4.78 is 5.38. The number of aryl methyl sites for hydroxylation is 1. The van der Waals surface area contributed by atoms with Crippen LogP contribution in [0.1, 0.15) is 12.0 Å². The molecule has 1 aliphatic rings. The summed E-state index contributed by atoms with van der Waals surface area (Å²) >= 11 is 1.70. The maximum absolute atomic E-state index is 5.38. The Morgan fingerprint density at radius 3 is 3.44 bits per heavy atom. The normalized spacial score (nSPS) is 16.4. The first-order valence-electron chi connectivity index (χ1n) is 3.16. The van der Waals surface area contributed by atoms with Gasteiger partial charge in [-0.2, -0.15) is 0 Å². The van der Waals surface area contributed by atoms with Crippen molar-refractivity contribution in [1.29, 1.82) is 0 Å². The number of ether oxygens (including phenoxy) is 1. The van der Waals surface area contributed by atoms with Gasteiger partial charge in [0, 0.05) is 5.56 Å². The van der Waals surface area contributed by atoms with E-state index in [1.165, 1.54) is 18.4 Å². The lowest BCUT2D eigenvalue weighted by atomic mass is 10.2. The van der Waals surface area contributed by atoms with Gasteiger partial charge in [0.25, 0.3) is 0 Å². The molecule has 0 bridgehead atoms. The van der Waals surface area contributed by atoms with E-state index in [9.17, 15) is 0 Å². The molecule has 0 saturated carbocycles. The van der Waals surface area contributed by atoms with Crippen LogP contribution in [0.3, 0.4) is 0 Å². The fraction of sp³-hybridized carbons (Fsp3) is 0.429. The molecule has 1 aromatic rings. The first-order chi connectivity index (χ1) is 4.47. The Labute approximate surface area is 58.3 Å². The number of hydrogen-bond acceptors (Lipinski definition) is 2. The quantitative estimate of drug-likeness (QED) is 0.536. The van der Waals surface area contributed by atoms with Gasteiger partial charge in [-0.15, -0.1) is 11.3 Å². The third-order valence-corrected chi connectivity index (χ3v) is 2.40. The van der Waals surface area contributed by atoms with Crippen LogP contribution in [0, 0.1) is 0 Å². The van der Waals surface area contributed by atoms with E-state index in [2.05, 4.69) is 11.4 Å². The molecule has 0 aromatic carbocycles. The SMILES string of the molecule is c1cc2c(s1)OCCC2. The summed E-state index contributed by atoms with van der Waals surface area (Å²) in [4.78, 5) is 0. The zero-order valence-corrected chi connectivity index (χ0v) is 5.91. The molecule has 0 radical (unpaired) electrons. The van der Waals surface area contributed by atoms with Crippen LogP contribution in [0.5, 0.6) is 5.06 Å². The minimum atomic E-state index is 0.910. The Bertz CT molecular complexity index is 184. The van der Waals surface area contributed by atoms with Crippen molar-refractivity contribution in [2.45, 2.75) is 12.8 Å². The third kappa shape index (κ3) is 0.833. The molecule has 0 aliphatic carbocycles. The average molecular weight is 140 g/mol. The van der Waals surface area contributed by atoms with E-state index in [1.54, 1.807) is 11.3 Å². The van der Waals surface area contributed by atoms with E-state index in [0.29, 0.717) is 0 Å². The molecule has 0 amide bonds. The van der Waals surface area contributed by atoms with Gasteiger partial charge in [0.2, 0.25) is 0 Å². The molecule has 0 unspecified atom stereocenters. The van der Waals surface area contributed by atoms with Crippen LogP contribution in [0.2, 0.25) is 0 Å². The largest absolute Gasteiger partial charge is 0.484 e. The topological polar surface area (TPSA) is 9.23 Å². The predicted octanol–water partition coefficient (Wildman–Crippen LogP) is 2.07. The van der Waals surface area contributed by atoms with Gasteiger partial charge < -0.3 is 4.74 Å². The fourth-order valence-electron chi connectivity index (χ4n) is 1.06. The molecule has 9 heavy (non-hydrogen) atoms. The van der Waals surface area contributed by atoms with Crippen LogP contribution in [-0.4, -0.2) is 6.61 Å². The van der Waals surface area contributed by atoms with Crippen LogP contribution in [0.25, 0.3) is 0 Å². The lowest BCUT2D eigenvalue weighted by Gasteiger charge is -2.11. The zero-order valence-electron chi connectivity index (χ0n) is 5.09. The second kappa shape index (κ2) is 2.03. The van der Waals surface area contributed by atoms with E-state index < -0.39 is 0 Å². The molecule has 1 aromatic heterocycles. The van der Waals surface area contributed by atoms with Crippen molar-refractivity contribution in [2.75, 3.05) is 6.61 Å². The van der Waals surface area contributed by atoms with Crippen molar-refractivity contribution in [3.05, 3.63) is 17.0 Å². The molecule has 1 nitrogen and oxygen atoms in total. The molecule has 2 heteroatoms. The summed E-state index contributed by atoms with van der Waals surface area (Å²) in [5.74, 6) is 0. The summed E-state index contributed by atoms with van der Waals surface area (Å²) in [6.45, 7) is 0.910. The molecule has 0 N–H and O–H groups in total. The van der Waals surface area contributed by atoms with Gasteiger partial charge in [0.15, 0.2) is 5.06 Å². The molecule has 0 fully saturated rings. The molecular formula is C7H8OS. The molecule has 0 atom stereocenters. The second-order valence-electron chi connectivity index (χ2n) is 2.19. The van der Waals surface area contributed by atoms with Crippen molar-refractivity contribution >= 4 is 11.3 Å². The van der Waals surface area contributed by atoms with E-state index in [-0.39, 0.29) is 0 Å². The highest BCUT2D eigenvalue weighted by Crippen LogP contribution is 2.29. The lowest BCUT2D eigenvalue weighted by Crippen LogP contribution is -2.04. The number of thiophene rings is 1. The van der Waals surface area contributed by atoms with Crippen molar-refractivity contribution in [2.24, 2.45) is 0 Å². The first kappa shape index (κ1) is 5.30. The number of hydrogen-bond donors (Lipinski definition) is 0. The van der Waals surface area contributed by atoms with Crippen LogP contribution in [-0.2, 0) is 6.42 Å². The molecular weight excluding hydrogens is 132 g/mol. The smallest absolute Gasteiger partial charge is 0.176 e. The van der Waals surface area contributed by atoms with Gasteiger partial charge in [-0.3, -0.25) is 0 Å². The van der Waals surface area contributed by atoms with Crippen LogP contribution in [0.15, 0.2) is 11.4 Å². The van der Waals surface area contributed by atoms with Gasteiger partial charge in [-0.1, -0.05) is 0 Å². The zero-order chi connectivity index (χ0) is 6.10. The van der Waals surface area contributed by atoms with Crippen molar-refractivity contribution in [1.82, 2.24) is 0 Å². The molecule has 0 spiro atoms. The Morgan fingerprint density at radius 1 is 1.56 bits per heavy atom. The van der Waals surface area contributed by atoms with Gasteiger partial charge >= 0.3 is 0 Å². The van der Waals surface area contributed by atoms with E-state index >= 15 is 0 Å². The van der Waals surface area contributed by atoms with Crippen molar-refractivity contribution in [3.63, 3.8) is 0 Å². The van der Waals surface area contributed by atoms with Crippen molar-refractivity contribution < 1.29 is 4.74 Å². The third-order valence-electron chi connectivity index (χ3n) is 1.53. The highest BCUT2D eigenvalue weighted by Gasteiger charge is 2.09. The average Bonchev–Trinajstić information content (AvgIpc) is 2.33. The summed E-state index contributed by atoms with van der Waals surface area (Å²) in [6.07, 6.45) is 2.39. The van der Waals surface area contributed by atoms with Gasteiger partial charge in [0.05, 0.1) is 6.61 Å². The van der Waals surface area contributed by atoms with Gasteiger partial charge in [-0.05, 0) is 24.3 Å². The lowest BCUT2D eigenvalue weighted by molar-refractivity contribution is 0.298. The Balaban J connectivity index is 2.39. The molecule has 0 saturated heterocycles. The standard InChI is InChI=1S/C7H8OS/c1-2-6-3-5-9-7(6)8-4-1/h3,5H,1-2,4H2. The van der Waals surface area contributed by atoms with Crippen LogP contribution >= 0.6 is 11.3 Å². The van der Waals surface area contributed by atoms with Crippen molar-refractivity contribution in [3.8, 4) is 5.06 Å². The summed E-state index contributed by atoms with van der Waals surface area (Å²) in [7, 11) is 0. The van der Waals surface area contributed by atoms with E-state index in [1.807, 2.05) is 0 Å². The minimum Gasteiger partial charge on any atom is -0.484 e. The fourth-order valence-corrected chi connectivity index (χ4v) is 1.89. The summed E-state index contributed by atoms with van der Waals surface area (Å²) in [5.41, 5.74) is 1.39. The van der Waals surface area contributed by atoms with Crippen LogP contribution < -0.4 is 4.74 Å². The monoisotopic (exact) mass is 140 g/mol. The highest BCUT2D eigenvalue weighted by atomic mass is 32.1.